The van der Waals surface area contributed by atoms with Crippen molar-refractivity contribution in [1.82, 2.24) is 9.38 Å². The lowest BCUT2D eigenvalue weighted by Gasteiger charge is -2.13. The standard InChI is InChI=1S/C18H15ClFN3O4/c1-3-27-18(25)14-15(21-10-6-7-12(20)11(19)9-10)22-16-13(26-2)5-4-8-23(16)17(14)24/h4-9,21H,3H2,1-2H3. The van der Waals surface area contributed by atoms with E-state index in [0.717, 1.165) is 6.07 Å². The van der Waals surface area contributed by atoms with Gasteiger partial charge in [0.05, 0.1) is 18.7 Å². The molecule has 0 aliphatic rings. The molecule has 0 fully saturated rings. The van der Waals surface area contributed by atoms with Gasteiger partial charge in [0.15, 0.2) is 22.8 Å². The average Bonchev–Trinajstić information content (AvgIpc) is 2.64. The zero-order valence-electron chi connectivity index (χ0n) is 14.5. The highest BCUT2D eigenvalue weighted by molar-refractivity contribution is 6.31. The highest BCUT2D eigenvalue weighted by Gasteiger charge is 2.23. The third-order valence-electron chi connectivity index (χ3n) is 3.70. The van der Waals surface area contributed by atoms with E-state index in [0.29, 0.717) is 11.4 Å². The number of benzene rings is 1. The summed E-state index contributed by atoms with van der Waals surface area (Å²) < 4.78 is 24.8. The molecule has 27 heavy (non-hydrogen) atoms. The van der Waals surface area contributed by atoms with Crippen LogP contribution in [0.2, 0.25) is 5.02 Å². The van der Waals surface area contributed by atoms with Crippen LogP contribution in [0.3, 0.4) is 0 Å². The molecule has 0 bridgehead atoms. The summed E-state index contributed by atoms with van der Waals surface area (Å²) in [4.78, 5) is 29.6. The quantitative estimate of drug-likeness (QED) is 0.671. The van der Waals surface area contributed by atoms with Crippen LogP contribution in [0.15, 0.2) is 41.3 Å². The molecule has 0 saturated heterocycles. The summed E-state index contributed by atoms with van der Waals surface area (Å²) in [6, 6.07) is 7.10. The van der Waals surface area contributed by atoms with E-state index in [-0.39, 0.29) is 28.7 Å². The Bertz CT molecular complexity index is 1080. The monoisotopic (exact) mass is 391 g/mol. The molecule has 2 aromatic heterocycles. The van der Waals surface area contributed by atoms with Gasteiger partial charge in [-0.3, -0.25) is 9.20 Å². The summed E-state index contributed by atoms with van der Waals surface area (Å²) in [5, 5.41) is 2.71. The van der Waals surface area contributed by atoms with Crippen LogP contribution in [-0.2, 0) is 4.74 Å². The van der Waals surface area contributed by atoms with Crippen molar-refractivity contribution in [3.8, 4) is 5.75 Å². The first-order chi connectivity index (χ1) is 13.0. The summed E-state index contributed by atoms with van der Waals surface area (Å²) in [5.41, 5.74) is -0.372. The van der Waals surface area contributed by atoms with Gasteiger partial charge in [-0.05, 0) is 37.3 Å². The van der Waals surface area contributed by atoms with Gasteiger partial charge < -0.3 is 14.8 Å². The van der Waals surface area contributed by atoms with Crippen molar-refractivity contribution in [2.45, 2.75) is 6.92 Å². The van der Waals surface area contributed by atoms with Crippen LogP contribution in [-0.4, -0.2) is 29.1 Å². The highest BCUT2D eigenvalue weighted by Crippen LogP contribution is 2.25. The van der Waals surface area contributed by atoms with Crippen LogP contribution in [0.5, 0.6) is 5.75 Å². The fraction of sp³-hybridized carbons (Fsp3) is 0.167. The van der Waals surface area contributed by atoms with Gasteiger partial charge in [0.1, 0.15) is 5.82 Å². The second-order valence-electron chi connectivity index (χ2n) is 5.39. The zero-order valence-corrected chi connectivity index (χ0v) is 15.2. The number of methoxy groups -OCH3 is 1. The predicted molar refractivity (Wildman–Crippen MR) is 98.7 cm³/mol. The molecule has 9 heteroatoms. The maximum Gasteiger partial charge on any atom is 0.347 e. The van der Waals surface area contributed by atoms with Gasteiger partial charge in [0.2, 0.25) is 0 Å². The molecule has 3 rings (SSSR count). The van der Waals surface area contributed by atoms with Crippen molar-refractivity contribution >= 4 is 34.7 Å². The maximum absolute atomic E-state index is 13.4. The van der Waals surface area contributed by atoms with Crippen LogP contribution >= 0.6 is 11.6 Å². The lowest BCUT2D eigenvalue weighted by molar-refractivity contribution is 0.0525. The SMILES string of the molecule is CCOC(=O)c1c(Nc2ccc(F)c(Cl)c2)nc2c(OC)cccn2c1=O. The summed E-state index contributed by atoms with van der Waals surface area (Å²) in [6.45, 7) is 1.71. The second kappa shape index (κ2) is 7.63. The largest absolute Gasteiger partial charge is 0.493 e. The lowest BCUT2D eigenvalue weighted by atomic mass is 10.2. The van der Waals surface area contributed by atoms with E-state index in [2.05, 4.69) is 10.3 Å². The number of carbonyl (C=O) groups is 1. The number of nitrogens with one attached hydrogen (secondary N) is 1. The van der Waals surface area contributed by atoms with E-state index in [9.17, 15) is 14.0 Å². The van der Waals surface area contributed by atoms with Gasteiger partial charge in [-0.2, -0.15) is 0 Å². The van der Waals surface area contributed by atoms with Crippen molar-refractivity contribution in [2.24, 2.45) is 0 Å². The van der Waals surface area contributed by atoms with Gasteiger partial charge in [-0.1, -0.05) is 11.6 Å². The topological polar surface area (TPSA) is 81.9 Å². The Balaban J connectivity index is 2.24. The third-order valence-corrected chi connectivity index (χ3v) is 3.99. The molecular weight excluding hydrogens is 377 g/mol. The number of aromatic nitrogens is 2. The molecule has 0 spiro atoms. The van der Waals surface area contributed by atoms with Crippen LogP contribution in [0.25, 0.3) is 5.65 Å². The second-order valence-corrected chi connectivity index (χ2v) is 5.79. The Labute approximate surface area is 158 Å². The number of hydrogen-bond acceptors (Lipinski definition) is 6. The summed E-state index contributed by atoms with van der Waals surface area (Å²) in [6.07, 6.45) is 1.47. The normalized spacial score (nSPS) is 10.7. The van der Waals surface area contributed by atoms with E-state index in [1.807, 2.05) is 0 Å². The van der Waals surface area contributed by atoms with E-state index < -0.39 is 17.3 Å². The number of fused-ring (bicyclic) bond motifs is 1. The zero-order chi connectivity index (χ0) is 19.6. The van der Waals surface area contributed by atoms with Gasteiger partial charge in [-0.25, -0.2) is 14.2 Å². The Morgan fingerprint density at radius 1 is 1.37 bits per heavy atom. The first-order valence-electron chi connectivity index (χ1n) is 7.94. The van der Waals surface area contributed by atoms with E-state index >= 15 is 0 Å². The number of ether oxygens (including phenoxy) is 2. The van der Waals surface area contributed by atoms with E-state index in [1.54, 1.807) is 19.1 Å². The average molecular weight is 392 g/mol. The fourth-order valence-electron chi connectivity index (χ4n) is 2.48. The summed E-state index contributed by atoms with van der Waals surface area (Å²) >= 11 is 5.79. The van der Waals surface area contributed by atoms with Gasteiger partial charge >= 0.3 is 5.97 Å². The van der Waals surface area contributed by atoms with Crippen molar-refractivity contribution in [2.75, 3.05) is 19.0 Å². The van der Waals surface area contributed by atoms with Crippen molar-refractivity contribution in [1.29, 1.82) is 0 Å². The van der Waals surface area contributed by atoms with E-state index in [4.69, 9.17) is 21.1 Å². The van der Waals surface area contributed by atoms with Crippen molar-refractivity contribution in [3.05, 3.63) is 63.3 Å². The number of halogens is 2. The minimum atomic E-state index is -0.831. The molecule has 2 heterocycles. The maximum atomic E-state index is 13.4. The molecule has 7 nitrogen and oxygen atoms in total. The van der Waals surface area contributed by atoms with Crippen LogP contribution in [0.1, 0.15) is 17.3 Å². The number of esters is 1. The molecule has 140 valence electrons. The molecule has 0 radical (unpaired) electrons. The number of pyridine rings is 1. The minimum absolute atomic E-state index is 0.0503. The Kier molecular flexibility index (Phi) is 5.27. The molecule has 1 aromatic carbocycles. The van der Waals surface area contributed by atoms with Crippen LogP contribution < -0.4 is 15.6 Å². The Morgan fingerprint density at radius 3 is 2.81 bits per heavy atom. The molecule has 0 atom stereocenters. The molecule has 3 aromatic rings. The van der Waals surface area contributed by atoms with Crippen LogP contribution in [0, 0.1) is 5.82 Å². The number of rotatable bonds is 5. The van der Waals surface area contributed by atoms with Gasteiger partial charge in [0, 0.05) is 11.9 Å². The third kappa shape index (κ3) is 3.56. The highest BCUT2D eigenvalue weighted by atomic mass is 35.5. The molecular formula is C18H15ClFN3O4. The molecule has 0 saturated carbocycles. The summed E-state index contributed by atoms with van der Waals surface area (Å²) in [7, 11) is 1.44. The smallest absolute Gasteiger partial charge is 0.347 e. The minimum Gasteiger partial charge on any atom is -0.493 e. The van der Waals surface area contributed by atoms with Gasteiger partial charge in [0.25, 0.3) is 5.56 Å². The Hall–Kier alpha value is -3.13. The van der Waals surface area contributed by atoms with Gasteiger partial charge in [-0.15, -0.1) is 0 Å². The first kappa shape index (κ1) is 18.7. The molecule has 0 aliphatic heterocycles. The fourth-order valence-corrected chi connectivity index (χ4v) is 2.66. The molecule has 1 N–H and O–H groups in total. The van der Waals surface area contributed by atoms with Crippen molar-refractivity contribution < 1.29 is 18.7 Å². The predicted octanol–water partition coefficient (Wildman–Crippen LogP) is 3.42. The number of anilines is 2. The van der Waals surface area contributed by atoms with Crippen molar-refractivity contribution in [3.63, 3.8) is 0 Å². The van der Waals surface area contributed by atoms with E-state index in [1.165, 1.54) is 29.8 Å². The molecule has 0 aliphatic carbocycles. The van der Waals surface area contributed by atoms with Crippen LogP contribution in [0.4, 0.5) is 15.9 Å². The number of hydrogen-bond donors (Lipinski definition) is 1. The first-order valence-corrected chi connectivity index (χ1v) is 8.32. The number of carbonyl (C=O) groups excluding carboxylic acids is 1. The Morgan fingerprint density at radius 2 is 2.15 bits per heavy atom. The summed E-state index contributed by atoms with van der Waals surface area (Å²) in [5.74, 6) is -1.14. The molecule has 0 amide bonds. The lowest BCUT2D eigenvalue weighted by Crippen LogP contribution is -2.26. The number of nitrogens with zero attached hydrogens (tertiary/aromatic N) is 2. The molecule has 0 unspecified atom stereocenters.